The molecule has 0 radical (unpaired) electrons. The predicted octanol–water partition coefficient (Wildman–Crippen LogP) is 2.43. The first-order valence-corrected chi connectivity index (χ1v) is 9.10. The molecule has 2 bridgehead atoms. The fourth-order valence-corrected chi connectivity index (χ4v) is 5.62. The van der Waals surface area contributed by atoms with Crippen LogP contribution in [-0.4, -0.2) is 36.0 Å². The summed E-state index contributed by atoms with van der Waals surface area (Å²) >= 11 is 3.39. The molecule has 110 valence electrons. The van der Waals surface area contributed by atoms with Crippen molar-refractivity contribution in [1.29, 1.82) is 0 Å². The third-order valence-corrected chi connectivity index (χ3v) is 7.24. The van der Waals surface area contributed by atoms with Gasteiger partial charge in [-0.25, -0.2) is 8.42 Å². The Labute approximate surface area is 128 Å². The van der Waals surface area contributed by atoms with Crippen molar-refractivity contribution in [3.63, 3.8) is 0 Å². The van der Waals surface area contributed by atoms with Gasteiger partial charge in [-0.1, -0.05) is 15.9 Å². The van der Waals surface area contributed by atoms with E-state index in [4.69, 9.17) is 0 Å². The minimum Gasteiger partial charge on any atom is -0.393 e. The third kappa shape index (κ3) is 2.32. The van der Waals surface area contributed by atoms with Gasteiger partial charge in [-0.05, 0) is 56.4 Å². The Kier molecular flexibility index (Phi) is 3.69. The molecule has 2 heterocycles. The lowest BCUT2D eigenvalue weighted by Crippen LogP contribution is -2.47. The molecule has 6 heteroatoms. The number of piperidine rings is 1. The number of fused-ring (bicyclic) bond motifs is 2. The maximum Gasteiger partial charge on any atom is 0.243 e. The normalized spacial score (nSPS) is 30.6. The molecule has 0 aromatic heterocycles. The molecule has 3 rings (SSSR count). The Morgan fingerprint density at radius 1 is 1.25 bits per heavy atom. The molecule has 1 aromatic rings. The van der Waals surface area contributed by atoms with Crippen LogP contribution in [-0.2, 0) is 10.0 Å². The number of sulfonamides is 1. The van der Waals surface area contributed by atoms with Crippen LogP contribution in [0.1, 0.15) is 31.2 Å². The van der Waals surface area contributed by atoms with Gasteiger partial charge in [0.2, 0.25) is 10.0 Å². The van der Waals surface area contributed by atoms with Crippen LogP contribution in [0.3, 0.4) is 0 Å². The monoisotopic (exact) mass is 359 g/mol. The SMILES string of the molecule is Cc1cc(S(=O)(=O)N2C3CCC2CC(O)C3)ccc1Br. The molecule has 2 aliphatic heterocycles. The number of hydrogen-bond donors (Lipinski definition) is 1. The van der Waals surface area contributed by atoms with Crippen molar-refractivity contribution in [2.45, 2.75) is 55.7 Å². The van der Waals surface area contributed by atoms with E-state index in [9.17, 15) is 13.5 Å². The molecule has 1 aromatic carbocycles. The molecule has 2 aliphatic rings. The van der Waals surface area contributed by atoms with Gasteiger partial charge >= 0.3 is 0 Å². The van der Waals surface area contributed by atoms with E-state index in [1.807, 2.05) is 6.92 Å². The van der Waals surface area contributed by atoms with Gasteiger partial charge in [-0.3, -0.25) is 0 Å². The average Bonchev–Trinajstić information content (AvgIpc) is 2.66. The van der Waals surface area contributed by atoms with Crippen molar-refractivity contribution in [1.82, 2.24) is 4.31 Å². The lowest BCUT2D eigenvalue weighted by Gasteiger charge is -2.36. The first-order chi connectivity index (χ1) is 9.39. The number of rotatable bonds is 2. The first kappa shape index (κ1) is 14.5. The topological polar surface area (TPSA) is 57.6 Å². The van der Waals surface area contributed by atoms with Gasteiger partial charge in [0.15, 0.2) is 0 Å². The number of hydrogen-bond acceptors (Lipinski definition) is 3. The van der Waals surface area contributed by atoms with Crippen molar-refractivity contribution in [2.75, 3.05) is 0 Å². The van der Waals surface area contributed by atoms with Crippen LogP contribution in [0.5, 0.6) is 0 Å². The second-order valence-electron chi connectivity index (χ2n) is 5.76. The van der Waals surface area contributed by atoms with Gasteiger partial charge in [-0.2, -0.15) is 4.31 Å². The van der Waals surface area contributed by atoms with E-state index in [0.717, 1.165) is 22.9 Å². The van der Waals surface area contributed by atoms with E-state index in [1.165, 1.54) is 0 Å². The number of aryl methyl sites for hydroxylation is 1. The highest BCUT2D eigenvalue weighted by molar-refractivity contribution is 9.10. The van der Waals surface area contributed by atoms with Crippen LogP contribution < -0.4 is 0 Å². The maximum absolute atomic E-state index is 12.8. The van der Waals surface area contributed by atoms with Crippen molar-refractivity contribution in [3.8, 4) is 0 Å². The number of aliphatic hydroxyl groups is 1. The Hall–Kier alpha value is -0.430. The molecule has 20 heavy (non-hydrogen) atoms. The van der Waals surface area contributed by atoms with Crippen LogP contribution in [0.25, 0.3) is 0 Å². The summed E-state index contributed by atoms with van der Waals surface area (Å²) in [5, 5.41) is 9.80. The molecule has 0 spiro atoms. The molecule has 0 amide bonds. The Bertz CT molecular complexity index is 617. The Morgan fingerprint density at radius 2 is 1.85 bits per heavy atom. The average molecular weight is 360 g/mol. The summed E-state index contributed by atoms with van der Waals surface area (Å²) in [6.45, 7) is 1.89. The number of nitrogens with zero attached hydrogens (tertiary/aromatic N) is 1. The van der Waals surface area contributed by atoms with Gasteiger partial charge in [0.25, 0.3) is 0 Å². The van der Waals surface area contributed by atoms with Crippen molar-refractivity contribution in [3.05, 3.63) is 28.2 Å². The Morgan fingerprint density at radius 3 is 2.40 bits per heavy atom. The lowest BCUT2D eigenvalue weighted by atomic mass is 10.0. The zero-order chi connectivity index (χ0) is 14.5. The molecule has 1 N–H and O–H groups in total. The van der Waals surface area contributed by atoms with Gasteiger partial charge in [0.05, 0.1) is 11.0 Å². The summed E-state index contributed by atoms with van der Waals surface area (Å²) in [4.78, 5) is 0.353. The van der Waals surface area contributed by atoms with Crippen LogP contribution in [0.2, 0.25) is 0 Å². The standard InChI is InChI=1S/C14H18BrNO3S/c1-9-6-13(4-5-14(9)15)20(18,19)16-10-2-3-11(16)8-12(17)7-10/h4-6,10-12,17H,2-3,7-8H2,1H3. The zero-order valence-electron chi connectivity index (χ0n) is 11.3. The summed E-state index contributed by atoms with van der Waals surface area (Å²) in [6, 6.07) is 5.05. The van der Waals surface area contributed by atoms with Crippen LogP contribution in [0.4, 0.5) is 0 Å². The van der Waals surface area contributed by atoms with E-state index in [0.29, 0.717) is 17.7 Å². The minimum absolute atomic E-state index is 0.0438. The summed E-state index contributed by atoms with van der Waals surface area (Å²) in [7, 11) is -3.46. The van der Waals surface area contributed by atoms with Gasteiger partial charge in [0, 0.05) is 16.6 Å². The molecular formula is C14H18BrNO3S. The lowest BCUT2D eigenvalue weighted by molar-refractivity contribution is 0.0769. The molecular weight excluding hydrogens is 342 g/mol. The molecule has 2 saturated heterocycles. The van der Waals surface area contributed by atoms with Gasteiger partial charge in [0.1, 0.15) is 0 Å². The predicted molar refractivity (Wildman–Crippen MR) is 80.0 cm³/mol. The van der Waals surface area contributed by atoms with E-state index >= 15 is 0 Å². The minimum atomic E-state index is -3.46. The first-order valence-electron chi connectivity index (χ1n) is 6.87. The van der Waals surface area contributed by atoms with E-state index < -0.39 is 10.0 Å². The highest BCUT2D eigenvalue weighted by Gasteiger charge is 2.46. The summed E-state index contributed by atoms with van der Waals surface area (Å²) in [6.07, 6.45) is 2.48. The number of benzene rings is 1. The number of halogens is 1. The van der Waals surface area contributed by atoms with E-state index in [2.05, 4.69) is 15.9 Å². The summed E-state index contributed by atoms with van der Waals surface area (Å²) in [5.74, 6) is 0. The van der Waals surface area contributed by atoms with E-state index in [-0.39, 0.29) is 18.2 Å². The molecule has 4 nitrogen and oxygen atoms in total. The van der Waals surface area contributed by atoms with Crippen LogP contribution in [0, 0.1) is 6.92 Å². The third-order valence-electron chi connectivity index (χ3n) is 4.35. The largest absolute Gasteiger partial charge is 0.393 e. The molecule has 2 unspecified atom stereocenters. The highest BCUT2D eigenvalue weighted by Crippen LogP contribution is 2.40. The second-order valence-corrected chi connectivity index (χ2v) is 8.45. The van der Waals surface area contributed by atoms with Crippen molar-refractivity contribution in [2.24, 2.45) is 0 Å². The molecule has 2 fully saturated rings. The van der Waals surface area contributed by atoms with Crippen molar-refractivity contribution >= 4 is 26.0 Å². The second kappa shape index (κ2) is 5.09. The zero-order valence-corrected chi connectivity index (χ0v) is 13.7. The maximum atomic E-state index is 12.8. The highest BCUT2D eigenvalue weighted by atomic mass is 79.9. The fraction of sp³-hybridized carbons (Fsp3) is 0.571. The van der Waals surface area contributed by atoms with Crippen LogP contribution >= 0.6 is 15.9 Å². The van der Waals surface area contributed by atoms with Crippen LogP contribution in [0.15, 0.2) is 27.6 Å². The van der Waals surface area contributed by atoms with Crippen molar-refractivity contribution < 1.29 is 13.5 Å². The van der Waals surface area contributed by atoms with E-state index in [1.54, 1.807) is 22.5 Å². The summed E-state index contributed by atoms with van der Waals surface area (Å²) in [5.41, 5.74) is 0.912. The van der Waals surface area contributed by atoms with Gasteiger partial charge < -0.3 is 5.11 Å². The van der Waals surface area contributed by atoms with Gasteiger partial charge in [-0.15, -0.1) is 0 Å². The fourth-order valence-electron chi connectivity index (χ4n) is 3.40. The smallest absolute Gasteiger partial charge is 0.243 e. The number of aliphatic hydroxyl groups excluding tert-OH is 1. The summed E-state index contributed by atoms with van der Waals surface area (Å²) < 4.78 is 28.2. The molecule has 2 atom stereocenters. The quantitative estimate of drug-likeness (QED) is 0.881. The molecule has 0 saturated carbocycles. The molecule has 0 aliphatic carbocycles. The Balaban J connectivity index is 1.98.